The Morgan fingerprint density at radius 2 is 1.76 bits per heavy atom. The number of nitrogens with zero attached hydrogens (tertiary/aromatic N) is 3. The second kappa shape index (κ2) is 7.64. The van der Waals surface area contributed by atoms with Crippen LogP contribution >= 0.6 is 0 Å². The Balaban J connectivity index is 1.62. The first-order valence-corrected chi connectivity index (χ1v) is 9.35. The van der Waals surface area contributed by atoms with Gasteiger partial charge in [0.15, 0.2) is 0 Å². The average Bonchev–Trinajstić information content (AvgIpc) is 3.16. The number of anilines is 2. The predicted octanol–water partition coefficient (Wildman–Crippen LogP) is 5.08. The maximum Gasteiger partial charge on any atom is 0.243 e. The molecule has 0 spiro atoms. The standard InChI is InChI=1S/C23H21N5O/c1-14-10-15(2)19(16(3)11-14)13-29-22-21-20(8-9-25-21)27-23(28-22)26-18-6-4-17(12-24)5-7-18/h4-11,25H,13H2,1-3H3,(H,26,27,28). The van der Waals surface area contributed by atoms with Gasteiger partial charge >= 0.3 is 0 Å². The number of benzene rings is 2. The van der Waals surface area contributed by atoms with E-state index in [-0.39, 0.29) is 0 Å². The van der Waals surface area contributed by atoms with Gasteiger partial charge in [-0.25, -0.2) is 4.98 Å². The molecule has 0 aliphatic carbocycles. The van der Waals surface area contributed by atoms with Crippen molar-refractivity contribution >= 4 is 22.7 Å². The number of nitriles is 1. The van der Waals surface area contributed by atoms with Crippen molar-refractivity contribution in [2.24, 2.45) is 0 Å². The Labute approximate surface area is 169 Å². The Morgan fingerprint density at radius 3 is 2.45 bits per heavy atom. The highest BCUT2D eigenvalue weighted by molar-refractivity contribution is 5.81. The van der Waals surface area contributed by atoms with Crippen LogP contribution in [0.1, 0.15) is 27.8 Å². The predicted molar refractivity (Wildman–Crippen MR) is 113 cm³/mol. The fourth-order valence-corrected chi connectivity index (χ4v) is 3.41. The van der Waals surface area contributed by atoms with Gasteiger partial charge in [-0.2, -0.15) is 10.2 Å². The van der Waals surface area contributed by atoms with Gasteiger partial charge in [0, 0.05) is 11.9 Å². The molecule has 0 amide bonds. The van der Waals surface area contributed by atoms with Crippen LogP contribution in [0.15, 0.2) is 48.7 Å². The molecule has 2 heterocycles. The molecule has 0 saturated heterocycles. The van der Waals surface area contributed by atoms with Crippen LogP contribution in [0.4, 0.5) is 11.6 Å². The minimum atomic E-state index is 0.430. The van der Waals surface area contributed by atoms with Gasteiger partial charge in [0.2, 0.25) is 11.8 Å². The third kappa shape index (κ3) is 3.90. The van der Waals surface area contributed by atoms with Crippen LogP contribution in [0, 0.1) is 32.1 Å². The molecule has 0 aliphatic heterocycles. The zero-order valence-corrected chi connectivity index (χ0v) is 16.6. The van der Waals surface area contributed by atoms with Crippen molar-refractivity contribution in [1.82, 2.24) is 15.0 Å². The Morgan fingerprint density at radius 1 is 1.03 bits per heavy atom. The lowest BCUT2D eigenvalue weighted by atomic mass is 10.0. The van der Waals surface area contributed by atoms with E-state index < -0.39 is 0 Å². The zero-order chi connectivity index (χ0) is 20.4. The molecule has 6 nitrogen and oxygen atoms in total. The minimum Gasteiger partial charge on any atom is -0.471 e. The van der Waals surface area contributed by atoms with Crippen LogP contribution < -0.4 is 10.1 Å². The maximum absolute atomic E-state index is 8.94. The van der Waals surface area contributed by atoms with Crippen molar-refractivity contribution in [2.75, 3.05) is 5.32 Å². The van der Waals surface area contributed by atoms with Crippen LogP contribution in [-0.4, -0.2) is 15.0 Å². The van der Waals surface area contributed by atoms with Crippen molar-refractivity contribution in [3.8, 4) is 11.9 Å². The number of H-pyrrole nitrogens is 1. The van der Waals surface area contributed by atoms with Gasteiger partial charge in [0.25, 0.3) is 0 Å². The smallest absolute Gasteiger partial charge is 0.243 e. The first-order valence-electron chi connectivity index (χ1n) is 9.35. The molecule has 4 aromatic rings. The number of hydrogen-bond donors (Lipinski definition) is 2. The van der Waals surface area contributed by atoms with E-state index in [9.17, 15) is 0 Å². The number of aromatic nitrogens is 3. The Bertz CT molecular complexity index is 1200. The van der Waals surface area contributed by atoms with Crippen molar-refractivity contribution in [2.45, 2.75) is 27.4 Å². The lowest BCUT2D eigenvalue weighted by molar-refractivity contribution is 0.296. The third-order valence-electron chi connectivity index (χ3n) is 4.84. The number of fused-ring (bicyclic) bond motifs is 1. The molecule has 2 N–H and O–H groups in total. The average molecular weight is 383 g/mol. The largest absolute Gasteiger partial charge is 0.471 e. The van der Waals surface area contributed by atoms with Crippen molar-refractivity contribution in [3.63, 3.8) is 0 Å². The highest BCUT2D eigenvalue weighted by Gasteiger charge is 2.12. The summed E-state index contributed by atoms with van der Waals surface area (Å²) < 4.78 is 6.11. The van der Waals surface area contributed by atoms with E-state index in [2.05, 4.69) is 59.2 Å². The third-order valence-corrected chi connectivity index (χ3v) is 4.84. The van der Waals surface area contributed by atoms with Crippen molar-refractivity contribution in [3.05, 3.63) is 76.5 Å². The summed E-state index contributed by atoms with van der Waals surface area (Å²) in [4.78, 5) is 12.3. The van der Waals surface area contributed by atoms with Crippen molar-refractivity contribution in [1.29, 1.82) is 5.26 Å². The molecule has 0 radical (unpaired) electrons. The molecular weight excluding hydrogens is 362 g/mol. The summed E-state index contributed by atoms with van der Waals surface area (Å²) in [6.45, 7) is 6.72. The van der Waals surface area contributed by atoms with E-state index in [1.165, 1.54) is 16.7 Å². The molecule has 0 fully saturated rings. The monoisotopic (exact) mass is 383 g/mol. The molecule has 29 heavy (non-hydrogen) atoms. The van der Waals surface area contributed by atoms with Gasteiger partial charge in [-0.05, 0) is 67.8 Å². The second-order valence-corrected chi connectivity index (χ2v) is 7.07. The molecule has 0 unspecified atom stereocenters. The van der Waals surface area contributed by atoms with E-state index in [0.717, 1.165) is 22.3 Å². The maximum atomic E-state index is 8.94. The Kier molecular flexibility index (Phi) is 4.88. The van der Waals surface area contributed by atoms with Crippen LogP contribution in [-0.2, 0) is 6.61 Å². The number of ether oxygens (including phenoxy) is 1. The van der Waals surface area contributed by atoms with Crippen LogP contribution in [0.5, 0.6) is 5.88 Å². The molecule has 2 aromatic heterocycles. The Hall–Kier alpha value is -3.85. The number of aromatic amines is 1. The fraction of sp³-hybridized carbons (Fsp3) is 0.174. The molecular formula is C23H21N5O. The summed E-state index contributed by atoms with van der Waals surface area (Å²) in [5, 5.41) is 12.1. The lowest BCUT2D eigenvalue weighted by Crippen LogP contribution is -2.05. The first kappa shape index (κ1) is 18.5. The minimum absolute atomic E-state index is 0.430. The quantitative estimate of drug-likeness (QED) is 0.502. The second-order valence-electron chi connectivity index (χ2n) is 7.07. The SMILES string of the molecule is Cc1cc(C)c(COc2nc(Nc3ccc(C#N)cc3)nc3cc[nH]c23)c(C)c1. The summed E-state index contributed by atoms with van der Waals surface area (Å²) >= 11 is 0. The zero-order valence-electron chi connectivity index (χ0n) is 16.6. The summed E-state index contributed by atoms with van der Waals surface area (Å²) in [5.41, 5.74) is 7.74. The van der Waals surface area contributed by atoms with Gasteiger partial charge < -0.3 is 15.0 Å². The highest BCUT2D eigenvalue weighted by atomic mass is 16.5. The summed E-state index contributed by atoms with van der Waals surface area (Å²) in [6.07, 6.45) is 1.82. The van der Waals surface area contributed by atoms with Crippen LogP contribution in [0.25, 0.3) is 11.0 Å². The van der Waals surface area contributed by atoms with Crippen molar-refractivity contribution < 1.29 is 4.74 Å². The van der Waals surface area contributed by atoms with Gasteiger partial charge in [-0.1, -0.05) is 17.7 Å². The molecule has 6 heteroatoms. The lowest BCUT2D eigenvalue weighted by Gasteiger charge is -2.13. The molecule has 0 bridgehead atoms. The number of rotatable bonds is 5. The van der Waals surface area contributed by atoms with Gasteiger partial charge in [0.1, 0.15) is 12.1 Å². The van der Waals surface area contributed by atoms with Gasteiger partial charge in [-0.15, -0.1) is 0 Å². The first-order chi connectivity index (χ1) is 14.0. The number of aryl methyl sites for hydroxylation is 3. The number of hydrogen-bond acceptors (Lipinski definition) is 5. The fourth-order valence-electron chi connectivity index (χ4n) is 3.41. The van der Waals surface area contributed by atoms with Gasteiger partial charge in [0.05, 0.1) is 17.1 Å². The van der Waals surface area contributed by atoms with E-state index in [4.69, 9.17) is 10.00 Å². The molecule has 0 saturated carbocycles. The highest BCUT2D eigenvalue weighted by Crippen LogP contribution is 2.26. The normalized spacial score (nSPS) is 10.7. The summed E-state index contributed by atoms with van der Waals surface area (Å²) in [6, 6.07) is 15.5. The van der Waals surface area contributed by atoms with Crippen LogP contribution in [0.3, 0.4) is 0 Å². The molecule has 0 aliphatic rings. The number of nitrogens with one attached hydrogen (secondary N) is 2. The molecule has 2 aromatic carbocycles. The van der Waals surface area contributed by atoms with E-state index in [0.29, 0.717) is 24.0 Å². The van der Waals surface area contributed by atoms with Crippen LogP contribution in [0.2, 0.25) is 0 Å². The molecule has 144 valence electrons. The van der Waals surface area contributed by atoms with Gasteiger partial charge in [-0.3, -0.25) is 0 Å². The van der Waals surface area contributed by atoms with E-state index in [1.54, 1.807) is 12.1 Å². The summed E-state index contributed by atoms with van der Waals surface area (Å²) in [5.74, 6) is 0.935. The topological polar surface area (TPSA) is 86.6 Å². The molecule has 4 rings (SSSR count). The van der Waals surface area contributed by atoms with E-state index >= 15 is 0 Å². The van der Waals surface area contributed by atoms with E-state index in [1.807, 2.05) is 24.4 Å². The molecule has 0 atom stereocenters. The summed E-state index contributed by atoms with van der Waals surface area (Å²) in [7, 11) is 0.